The van der Waals surface area contributed by atoms with E-state index in [0.717, 1.165) is 37.9 Å². The highest BCUT2D eigenvalue weighted by Crippen LogP contribution is 2.30. The summed E-state index contributed by atoms with van der Waals surface area (Å²) in [5, 5.41) is 7.50. The van der Waals surface area contributed by atoms with Crippen LogP contribution in [0.1, 0.15) is 31.2 Å². The largest absolute Gasteiger partial charge is 0.324 e. The molecule has 0 radical (unpaired) electrons. The molecule has 1 aliphatic rings. The number of hydrogen-bond acceptors (Lipinski definition) is 7. The standard InChI is InChI=1S/C27H28ClN5O3S/c1-3-33-25-19(14-23(26(33)34)22-9-8-21(15-24(22)28)37(2,35)36)16-30-27(32-25)31-20-6-4-17(5-7-20)18-10-12-29-13-11-18/h4-9,14-16,18,29H,3,10-13H2,1-2H3,(H,30,31,32). The van der Waals surface area contributed by atoms with Crippen molar-refractivity contribution < 1.29 is 8.42 Å². The van der Waals surface area contributed by atoms with E-state index in [-0.39, 0.29) is 15.5 Å². The summed E-state index contributed by atoms with van der Waals surface area (Å²) in [6, 6.07) is 14.4. The normalized spacial score (nSPS) is 14.7. The second-order valence-electron chi connectivity index (χ2n) is 9.27. The molecule has 5 rings (SSSR count). The minimum atomic E-state index is -3.42. The molecule has 2 aromatic heterocycles. The molecule has 8 nitrogen and oxygen atoms in total. The lowest BCUT2D eigenvalue weighted by atomic mass is 9.90. The van der Waals surface area contributed by atoms with E-state index in [1.54, 1.807) is 22.9 Å². The Hall–Kier alpha value is -3.27. The molecule has 0 unspecified atom stereocenters. The number of benzene rings is 2. The van der Waals surface area contributed by atoms with Crippen LogP contribution in [0.2, 0.25) is 5.02 Å². The lowest BCUT2D eigenvalue weighted by Gasteiger charge is -2.23. The average molecular weight is 538 g/mol. The van der Waals surface area contributed by atoms with E-state index in [1.165, 1.54) is 17.7 Å². The number of pyridine rings is 1. The summed E-state index contributed by atoms with van der Waals surface area (Å²) >= 11 is 6.41. The Kier molecular flexibility index (Phi) is 7.02. The van der Waals surface area contributed by atoms with Gasteiger partial charge in [-0.3, -0.25) is 9.36 Å². The maximum Gasteiger partial charge on any atom is 0.260 e. The number of piperidine rings is 1. The molecule has 0 amide bonds. The van der Waals surface area contributed by atoms with Gasteiger partial charge in [-0.15, -0.1) is 0 Å². The van der Waals surface area contributed by atoms with E-state index in [9.17, 15) is 13.2 Å². The fourth-order valence-electron chi connectivity index (χ4n) is 4.77. The first-order chi connectivity index (χ1) is 17.7. The minimum Gasteiger partial charge on any atom is -0.324 e. The van der Waals surface area contributed by atoms with Gasteiger partial charge in [0, 0.05) is 46.2 Å². The van der Waals surface area contributed by atoms with Crippen molar-refractivity contribution in [3.63, 3.8) is 0 Å². The van der Waals surface area contributed by atoms with Crippen molar-refractivity contribution >= 4 is 44.1 Å². The van der Waals surface area contributed by atoms with Crippen LogP contribution in [0.5, 0.6) is 0 Å². The smallest absolute Gasteiger partial charge is 0.260 e. The van der Waals surface area contributed by atoms with Gasteiger partial charge in [-0.1, -0.05) is 29.8 Å². The van der Waals surface area contributed by atoms with Gasteiger partial charge in [0.1, 0.15) is 5.65 Å². The fraction of sp³-hybridized carbons (Fsp3) is 0.296. The van der Waals surface area contributed by atoms with Crippen molar-refractivity contribution in [1.82, 2.24) is 19.9 Å². The first-order valence-electron chi connectivity index (χ1n) is 12.2. The van der Waals surface area contributed by atoms with Crippen molar-refractivity contribution in [3.8, 4) is 11.1 Å². The molecule has 1 aliphatic heterocycles. The highest BCUT2D eigenvalue weighted by atomic mass is 35.5. The van der Waals surface area contributed by atoms with Crippen LogP contribution in [0, 0.1) is 0 Å². The maximum atomic E-state index is 13.4. The van der Waals surface area contributed by atoms with Crippen LogP contribution in [-0.2, 0) is 16.4 Å². The van der Waals surface area contributed by atoms with Crippen LogP contribution >= 0.6 is 11.6 Å². The Morgan fingerprint density at radius 1 is 1.08 bits per heavy atom. The third-order valence-electron chi connectivity index (χ3n) is 6.78. The number of aromatic nitrogens is 3. The zero-order chi connectivity index (χ0) is 26.2. The molecule has 4 aromatic rings. The highest BCUT2D eigenvalue weighted by molar-refractivity contribution is 7.90. The van der Waals surface area contributed by atoms with Crippen LogP contribution in [-0.4, -0.2) is 42.3 Å². The maximum absolute atomic E-state index is 13.4. The van der Waals surface area contributed by atoms with Crippen molar-refractivity contribution in [2.75, 3.05) is 24.7 Å². The monoisotopic (exact) mass is 537 g/mol. The van der Waals surface area contributed by atoms with Crippen molar-refractivity contribution in [2.24, 2.45) is 0 Å². The third-order valence-corrected chi connectivity index (χ3v) is 8.20. The Bertz CT molecular complexity index is 1630. The molecule has 192 valence electrons. The van der Waals surface area contributed by atoms with Crippen LogP contribution < -0.4 is 16.2 Å². The number of rotatable bonds is 6. The van der Waals surface area contributed by atoms with E-state index in [0.29, 0.717) is 40.6 Å². The van der Waals surface area contributed by atoms with Crippen LogP contribution in [0.4, 0.5) is 11.6 Å². The van der Waals surface area contributed by atoms with Crippen molar-refractivity contribution in [3.05, 3.63) is 75.7 Å². The number of fused-ring (bicyclic) bond motifs is 1. The number of hydrogen-bond donors (Lipinski definition) is 2. The summed E-state index contributed by atoms with van der Waals surface area (Å²) in [7, 11) is -3.42. The number of aryl methyl sites for hydroxylation is 1. The van der Waals surface area contributed by atoms with Crippen LogP contribution in [0.15, 0.2) is 64.4 Å². The zero-order valence-corrected chi connectivity index (χ0v) is 22.2. The summed E-state index contributed by atoms with van der Waals surface area (Å²) in [6.07, 6.45) is 5.07. The molecular weight excluding hydrogens is 510 g/mol. The van der Waals surface area contributed by atoms with Crippen LogP contribution in [0.25, 0.3) is 22.2 Å². The van der Waals surface area contributed by atoms with Crippen LogP contribution in [0.3, 0.4) is 0 Å². The molecule has 1 fully saturated rings. The van der Waals surface area contributed by atoms with Gasteiger partial charge >= 0.3 is 0 Å². The summed E-state index contributed by atoms with van der Waals surface area (Å²) in [5.74, 6) is 0.975. The molecule has 37 heavy (non-hydrogen) atoms. The van der Waals surface area contributed by atoms with E-state index in [1.807, 2.05) is 19.1 Å². The number of anilines is 2. The Labute approximate surface area is 220 Å². The Morgan fingerprint density at radius 3 is 2.46 bits per heavy atom. The van der Waals surface area contributed by atoms with E-state index < -0.39 is 9.84 Å². The lowest BCUT2D eigenvalue weighted by molar-refractivity contribution is 0.460. The van der Waals surface area contributed by atoms with E-state index in [2.05, 4.69) is 32.7 Å². The van der Waals surface area contributed by atoms with Gasteiger partial charge in [0.05, 0.1) is 4.90 Å². The molecule has 1 saturated heterocycles. The topological polar surface area (TPSA) is 106 Å². The fourth-order valence-corrected chi connectivity index (χ4v) is 5.77. The second-order valence-corrected chi connectivity index (χ2v) is 11.7. The van der Waals surface area contributed by atoms with Gasteiger partial charge in [-0.05, 0) is 74.7 Å². The van der Waals surface area contributed by atoms with Gasteiger partial charge in [0.15, 0.2) is 9.84 Å². The number of nitrogens with zero attached hydrogens (tertiary/aromatic N) is 3. The van der Waals surface area contributed by atoms with Gasteiger partial charge in [0.25, 0.3) is 5.56 Å². The molecule has 0 spiro atoms. The quantitative estimate of drug-likeness (QED) is 0.365. The van der Waals surface area contributed by atoms with Gasteiger partial charge in [0.2, 0.25) is 5.95 Å². The predicted octanol–water partition coefficient (Wildman–Crippen LogP) is 4.75. The SMILES string of the molecule is CCn1c(=O)c(-c2ccc(S(C)(=O)=O)cc2Cl)cc2cnc(Nc3ccc(C4CCNCC4)cc3)nc21. The Balaban J connectivity index is 1.47. The number of nitrogens with one attached hydrogen (secondary N) is 2. The van der Waals surface area contributed by atoms with Gasteiger partial charge < -0.3 is 10.6 Å². The second kappa shape index (κ2) is 10.2. The molecular formula is C27H28ClN5O3S. The van der Waals surface area contributed by atoms with E-state index >= 15 is 0 Å². The molecule has 3 heterocycles. The molecule has 0 saturated carbocycles. The minimum absolute atomic E-state index is 0.0979. The molecule has 2 N–H and O–H groups in total. The first kappa shape index (κ1) is 25.4. The third kappa shape index (κ3) is 5.25. The van der Waals surface area contributed by atoms with Crippen molar-refractivity contribution in [2.45, 2.75) is 37.1 Å². The first-order valence-corrected chi connectivity index (χ1v) is 14.5. The number of sulfone groups is 1. The molecule has 10 heteroatoms. The zero-order valence-electron chi connectivity index (χ0n) is 20.7. The molecule has 0 bridgehead atoms. The van der Waals surface area contributed by atoms with E-state index in [4.69, 9.17) is 11.6 Å². The van der Waals surface area contributed by atoms with Gasteiger partial charge in [-0.25, -0.2) is 13.4 Å². The predicted molar refractivity (Wildman–Crippen MR) is 148 cm³/mol. The lowest BCUT2D eigenvalue weighted by Crippen LogP contribution is -2.26. The summed E-state index contributed by atoms with van der Waals surface area (Å²) in [6.45, 7) is 4.36. The summed E-state index contributed by atoms with van der Waals surface area (Å²) in [4.78, 5) is 22.6. The highest BCUT2D eigenvalue weighted by Gasteiger charge is 2.18. The van der Waals surface area contributed by atoms with Crippen molar-refractivity contribution in [1.29, 1.82) is 0 Å². The van der Waals surface area contributed by atoms with Gasteiger partial charge in [-0.2, -0.15) is 4.98 Å². The molecule has 0 aliphatic carbocycles. The molecule has 0 atom stereocenters. The molecule has 2 aromatic carbocycles. The average Bonchev–Trinajstić information content (AvgIpc) is 2.89. The number of halogens is 1. The summed E-state index contributed by atoms with van der Waals surface area (Å²) < 4.78 is 25.3. The summed E-state index contributed by atoms with van der Waals surface area (Å²) in [5.41, 5.74) is 3.26. The Morgan fingerprint density at radius 2 is 1.81 bits per heavy atom.